The molecule has 0 saturated carbocycles. The molecule has 1 amide bonds. The van der Waals surface area contributed by atoms with Crippen molar-refractivity contribution >= 4 is 17.6 Å². The predicted molar refractivity (Wildman–Crippen MR) is 72.9 cm³/mol. The van der Waals surface area contributed by atoms with Crippen LogP contribution in [0, 0.1) is 0 Å². The SMILES string of the molecule is CCCC(N)C(=O)Nc1cc(C(=O)OCC)n(C)c1. The number of anilines is 1. The van der Waals surface area contributed by atoms with E-state index in [0.717, 1.165) is 6.42 Å². The van der Waals surface area contributed by atoms with Crippen molar-refractivity contribution in [2.24, 2.45) is 12.8 Å². The van der Waals surface area contributed by atoms with Crippen LogP contribution in [0.5, 0.6) is 0 Å². The first-order chi connectivity index (χ1) is 8.99. The van der Waals surface area contributed by atoms with Crippen molar-refractivity contribution in [2.45, 2.75) is 32.7 Å². The third-order valence-electron chi connectivity index (χ3n) is 2.69. The topological polar surface area (TPSA) is 86.3 Å². The lowest BCUT2D eigenvalue weighted by Crippen LogP contribution is -2.35. The third-order valence-corrected chi connectivity index (χ3v) is 2.69. The zero-order valence-electron chi connectivity index (χ0n) is 11.6. The minimum atomic E-state index is -0.531. The number of rotatable bonds is 6. The second-order valence-electron chi connectivity index (χ2n) is 4.33. The number of nitrogens with zero attached hydrogens (tertiary/aromatic N) is 1. The molecule has 0 bridgehead atoms. The molecule has 0 saturated heterocycles. The van der Waals surface area contributed by atoms with Crippen LogP contribution in [-0.4, -0.2) is 29.1 Å². The van der Waals surface area contributed by atoms with Crippen molar-refractivity contribution in [1.29, 1.82) is 0 Å². The molecule has 0 aliphatic carbocycles. The smallest absolute Gasteiger partial charge is 0.355 e. The maximum absolute atomic E-state index is 11.8. The van der Waals surface area contributed by atoms with Gasteiger partial charge in [-0.3, -0.25) is 4.79 Å². The standard InChI is InChI=1S/C13H21N3O3/c1-4-6-10(14)12(17)15-9-7-11(16(3)8-9)13(18)19-5-2/h7-8,10H,4-6,14H2,1-3H3,(H,15,17). The molecule has 6 heteroatoms. The Bertz CT molecular complexity index is 454. The van der Waals surface area contributed by atoms with Crippen molar-refractivity contribution in [3.63, 3.8) is 0 Å². The van der Waals surface area contributed by atoms with E-state index in [1.165, 1.54) is 0 Å². The number of aryl methyl sites for hydroxylation is 1. The minimum absolute atomic E-state index is 0.247. The summed E-state index contributed by atoms with van der Waals surface area (Å²) < 4.78 is 6.53. The van der Waals surface area contributed by atoms with Crippen molar-refractivity contribution in [2.75, 3.05) is 11.9 Å². The number of hydrogen-bond donors (Lipinski definition) is 2. The zero-order chi connectivity index (χ0) is 14.4. The number of aromatic nitrogens is 1. The molecule has 1 aromatic rings. The molecule has 0 fully saturated rings. The van der Waals surface area contributed by atoms with Gasteiger partial charge in [0.2, 0.25) is 5.91 Å². The fraction of sp³-hybridized carbons (Fsp3) is 0.538. The number of amides is 1. The summed E-state index contributed by atoms with van der Waals surface area (Å²) in [5, 5.41) is 2.69. The van der Waals surface area contributed by atoms with Crippen LogP contribution in [0.1, 0.15) is 37.2 Å². The zero-order valence-corrected chi connectivity index (χ0v) is 11.6. The molecule has 1 aromatic heterocycles. The highest BCUT2D eigenvalue weighted by Crippen LogP contribution is 2.14. The van der Waals surface area contributed by atoms with Gasteiger partial charge in [0.25, 0.3) is 0 Å². The van der Waals surface area contributed by atoms with E-state index in [9.17, 15) is 9.59 Å². The van der Waals surface area contributed by atoms with Crippen molar-refractivity contribution < 1.29 is 14.3 Å². The molecule has 1 heterocycles. The van der Waals surface area contributed by atoms with Gasteiger partial charge in [-0.15, -0.1) is 0 Å². The molecule has 1 atom stereocenters. The minimum Gasteiger partial charge on any atom is -0.461 e. The molecule has 1 unspecified atom stereocenters. The molecule has 6 nitrogen and oxygen atoms in total. The van der Waals surface area contributed by atoms with Gasteiger partial charge in [0.05, 0.1) is 18.3 Å². The van der Waals surface area contributed by atoms with Crippen LogP contribution in [0.3, 0.4) is 0 Å². The molecule has 0 spiro atoms. The fourth-order valence-corrected chi connectivity index (χ4v) is 1.72. The number of esters is 1. The predicted octanol–water partition coefficient (Wildman–Crippen LogP) is 1.27. The van der Waals surface area contributed by atoms with Crippen LogP contribution in [0.25, 0.3) is 0 Å². The van der Waals surface area contributed by atoms with E-state index in [-0.39, 0.29) is 5.91 Å². The molecule has 3 N–H and O–H groups in total. The van der Waals surface area contributed by atoms with Crippen molar-refractivity contribution in [3.8, 4) is 0 Å². The van der Waals surface area contributed by atoms with Crippen molar-refractivity contribution in [3.05, 3.63) is 18.0 Å². The van der Waals surface area contributed by atoms with E-state index < -0.39 is 12.0 Å². The first-order valence-corrected chi connectivity index (χ1v) is 6.39. The second kappa shape index (κ2) is 6.94. The number of carbonyl (C=O) groups is 2. The number of carbonyl (C=O) groups excluding carboxylic acids is 2. The van der Waals surface area contributed by atoms with Gasteiger partial charge in [-0.1, -0.05) is 13.3 Å². The van der Waals surface area contributed by atoms with Gasteiger partial charge >= 0.3 is 5.97 Å². The molecule has 19 heavy (non-hydrogen) atoms. The van der Waals surface area contributed by atoms with Crippen LogP contribution >= 0.6 is 0 Å². The van der Waals surface area contributed by atoms with Gasteiger partial charge in [-0.05, 0) is 19.4 Å². The summed E-state index contributed by atoms with van der Waals surface area (Å²) in [7, 11) is 1.72. The molecular formula is C13H21N3O3. The number of nitrogens with one attached hydrogen (secondary N) is 1. The normalized spacial score (nSPS) is 12.0. The monoisotopic (exact) mass is 267 g/mol. The van der Waals surface area contributed by atoms with Crippen LogP contribution < -0.4 is 11.1 Å². The molecule has 106 valence electrons. The van der Waals surface area contributed by atoms with E-state index in [1.54, 1.807) is 30.8 Å². The summed E-state index contributed by atoms with van der Waals surface area (Å²) in [6.45, 7) is 4.02. The number of ether oxygens (including phenoxy) is 1. The Labute approximate surface area is 112 Å². The Morgan fingerprint density at radius 3 is 2.74 bits per heavy atom. The van der Waals surface area contributed by atoms with Crippen LogP contribution in [-0.2, 0) is 16.6 Å². The Morgan fingerprint density at radius 1 is 1.47 bits per heavy atom. The Hall–Kier alpha value is -1.82. The summed E-state index contributed by atoms with van der Waals surface area (Å²) >= 11 is 0. The average molecular weight is 267 g/mol. The van der Waals surface area contributed by atoms with E-state index in [0.29, 0.717) is 24.4 Å². The Kier molecular flexibility index (Phi) is 5.57. The van der Waals surface area contributed by atoms with Gasteiger partial charge in [-0.2, -0.15) is 0 Å². The first kappa shape index (κ1) is 15.2. The molecule has 1 rings (SSSR count). The second-order valence-corrected chi connectivity index (χ2v) is 4.33. The van der Waals surface area contributed by atoms with Gasteiger partial charge in [0, 0.05) is 13.2 Å². The summed E-state index contributed by atoms with van der Waals surface area (Å²) in [6.07, 6.45) is 3.13. The van der Waals surface area contributed by atoms with Gasteiger partial charge in [0.1, 0.15) is 5.69 Å². The van der Waals surface area contributed by atoms with E-state index in [1.807, 2.05) is 6.92 Å². The lowest BCUT2D eigenvalue weighted by Gasteiger charge is -2.09. The maximum Gasteiger partial charge on any atom is 0.355 e. The highest BCUT2D eigenvalue weighted by atomic mass is 16.5. The Balaban J connectivity index is 2.73. The molecular weight excluding hydrogens is 246 g/mol. The summed E-state index contributed by atoms with van der Waals surface area (Å²) in [4.78, 5) is 23.4. The first-order valence-electron chi connectivity index (χ1n) is 6.39. The molecule has 0 aromatic carbocycles. The highest BCUT2D eigenvalue weighted by molar-refractivity contribution is 5.96. The summed E-state index contributed by atoms with van der Waals surface area (Å²) in [5.74, 6) is -0.661. The van der Waals surface area contributed by atoms with Crippen LogP contribution in [0.2, 0.25) is 0 Å². The fourth-order valence-electron chi connectivity index (χ4n) is 1.72. The largest absolute Gasteiger partial charge is 0.461 e. The number of nitrogens with two attached hydrogens (primary N) is 1. The van der Waals surface area contributed by atoms with Crippen LogP contribution in [0.15, 0.2) is 12.3 Å². The van der Waals surface area contributed by atoms with Gasteiger partial charge in [-0.25, -0.2) is 4.79 Å². The lowest BCUT2D eigenvalue weighted by molar-refractivity contribution is -0.117. The van der Waals surface area contributed by atoms with E-state index in [4.69, 9.17) is 10.5 Å². The Morgan fingerprint density at radius 2 is 2.16 bits per heavy atom. The quantitative estimate of drug-likeness (QED) is 0.760. The lowest BCUT2D eigenvalue weighted by atomic mass is 10.1. The molecule has 0 aliphatic rings. The average Bonchev–Trinajstić information content (AvgIpc) is 2.70. The third kappa shape index (κ3) is 4.10. The highest BCUT2D eigenvalue weighted by Gasteiger charge is 2.16. The summed E-state index contributed by atoms with van der Waals surface area (Å²) in [6, 6.07) is 1.05. The maximum atomic E-state index is 11.8. The van der Waals surface area contributed by atoms with E-state index >= 15 is 0 Å². The molecule has 0 aliphatic heterocycles. The van der Waals surface area contributed by atoms with Crippen LogP contribution in [0.4, 0.5) is 5.69 Å². The number of hydrogen-bond acceptors (Lipinski definition) is 4. The summed E-state index contributed by atoms with van der Waals surface area (Å²) in [5.41, 5.74) is 6.65. The van der Waals surface area contributed by atoms with Gasteiger partial charge in [0.15, 0.2) is 0 Å². The van der Waals surface area contributed by atoms with E-state index in [2.05, 4.69) is 5.32 Å². The van der Waals surface area contributed by atoms with Gasteiger partial charge < -0.3 is 20.4 Å². The molecule has 0 radical (unpaired) electrons. The van der Waals surface area contributed by atoms with Crippen molar-refractivity contribution in [1.82, 2.24) is 4.57 Å².